The average molecular weight is 248 g/mol. The molecule has 0 amide bonds. The van der Waals surface area contributed by atoms with Gasteiger partial charge in [0.1, 0.15) is 0 Å². The molecule has 0 radical (unpaired) electrons. The summed E-state index contributed by atoms with van der Waals surface area (Å²) in [6, 6.07) is 8.04. The van der Waals surface area contributed by atoms with Crippen molar-refractivity contribution in [2.45, 2.75) is 6.54 Å². The topological polar surface area (TPSA) is 38.0 Å². The van der Waals surface area contributed by atoms with Crippen LogP contribution in [0.15, 0.2) is 24.3 Å². The van der Waals surface area contributed by atoms with E-state index in [1.807, 2.05) is 24.3 Å². The lowest BCUT2D eigenvalue weighted by molar-refractivity contribution is 1.07. The number of benzene rings is 1. The van der Waals surface area contributed by atoms with E-state index in [1.54, 1.807) is 0 Å². The highest BCUT2D eigenvalue weighted by Gasteiger charge is 1.89. The van der Waals surface area contributed by atoms with Crippen molar-refractivity contribution < 1.29 is 0 Å². The molecular weight excluding hydrogens is 239 g/mol. The molecule has 3 heteroatoms. The molecule has 0 aliphatic rings. The van der Waals surface area contributed by atoms with Crippen molar-refractivity contribution >= 4 is 28.6 Å². The largest absolute Gasteiger partial charge is 0.328 e. The summed E-state index contributed by atoms with van der Waals surface area (Å²) in [6.45, 7) is 0.603. The van der Waals surface area contributed by atoms with E-state index in [1.165, 1.54) is 0 Å². The molecule has 0 aliphatic carbocycles. The Bertz CT molecular complexity index is 193. The van der Waals surface area contributed by atoms with Gasteiger partial charge in [-0.05, 0) is 17.7 Å². The zero-order chi connectivity index (χ0) is 7.40. The van der Waals surface area contributed by atoms with Crippen molar-refractivity contribution in [2.75, 3.05) is 3.53 Å². The molecule has 54 valence electrons. The third kappa shape index (κ3) is 1.85. The maximum Gasteiger partial charge on any atom is 0.0560 e. The fourth-order valence-electron chi connectivity index (χ4n) is 0.757. The normalized spacial score (nSPS) is 9.40. The van der Waals surface area contributed by atoms with Gasteiger partial charge in [0.05, 0.1) is 22.9 Å². The molecule has 10 heavy (non-hydrogen) atoms. The smallest absolute Gasteiger partial charge is 0.0560 e. The number of hydrogen-bond acceptors (Lipinski definition) is 2. The summed E-state index contributed by atoms with van der Waals surface area (Å²) < 4.78 is 3.02. The van der Waals surface area contributed by atoms with Gasteiger partial charge >= 0.3 is 0 Å². The number of halogens is 1. The van der Waals surface area contributed by atoms with Gasteiger partial charge in [-0.3, -0.25) is 0 Å². The van der Waals surface area contributed by atoms with Gasteiger partial charge in [-0.25, -0.2) is 0 Å². The fourth-order valence-corrected chi connectivity index (χ4v) is 1.09. The van der Waals surface area contributed by atoms with E-state index in [4.69, 9.17) is 5.73 Å². The van der Waals surface area contributed by atoms with Gasteiger partial charge in [0, 0.05) is 12.2 Å². The third-order valence-electron chi connectivity index (χ3n) is 1.27. The van der Waals surface area contributed by atoms with Crippen molar-refractivity contribution in [3.63, 3.8) is 0 Å². The first-order chi connectivity index (χ1) is 4.86. The van der Waals surface area contributed by atoms with Crippen molar-refractivity contribution in [1.29, 1.82) is 0 Å². The van der Waals surface area contributed by atoms with Gasteiger partial charge < -0.3 is 9.26 Å². The molecule has 1 aromatic rings. The molecule has 0 aromatic heterocycles. The van der Waals surface area contributed by atoms with Crippen LogP contribution in [-0.4, -0.2) is 0 Å². The molecule has 0 fully saturated rings. The van der Waals surface area contributed by atoms with Crippen LogP contribution in [0.3, 0.4) is 0 Å². The maximum absolute atomic E-state index is 5.44. The van der Waals surface area contributed by atoms with Gasteiger partial charge in [-0.15, -0.1) is 0 Å². The Morgan fingerprint density at radius 3 is 2.90 bits per heavy atom. The first-order valence-corrected chi connectivity index (χ1v) is 4.10. The Hall–Kier alpha value is -0.290. The van der Waals surface area contributed by atoms with E-state index >= 15 is 0 Å². The van der Waals surface area contributed by atoms with Crippen LogP contribution >= 0.6 is 22.9 Å². The van der Waals surface area contributed by atoms with E-state index < -0.39 is 0 Å². The monoisotopic (exact) mass is 248 g/mol. The third-order valence-corrected chi connectivity index (χ3v) is 1.89. The number of nitrogens with two attached hydrogens (primary N) is 1. The lowest BCUT2D eigenvalue weighted by Gasteiger charge is -1.99. The zero-order valence-corrected chi connectivity index (χ0v) is 7.63. The highest BCUT2D eigenvalue weighted by molar-refractivity contribution is 14.1. The Labute approximate surface area is 74.3 Å². The molecule has 0 bridgehead atoms. The number of rotatable bonds is 2. The van der Waals surface area contributed by atoms with Crippen LogP contribution in [0.1, 0.15) is 5.56 Å². The Morgan fingerprint density at radius 1 is 1.50 bits per heavy atom. The summed E-state index contributed by atoms with van der Waals surface area (Å²) in [5.41, 5.74) is 7.70. The van der Waals surface area contributed by atoms with Crippen molar-refractivity contribution in [1.82, 2.24) is 0 Å². The van der Waals surface area contributed by atoms with Crippen LogP contribution in [0.5, 0.6) is 0 Å². The highest BCUT2D eigenvalue weighted by atomic mass is 127. The van der Waals surface area contributed by atoms with E-state index in [0.29, 0.717) is 6.54 Å². The first-order valence-electron chi connectivity index (χ1n) is 3.02. The van der Waals surface area contributed by atoms with Crippen LogP contribution in [0.2, 0.25) is 0 Å². The van der Waals surface area contributed by atoms with E-state index in [0.717, 1.165) is 11.3 Å². The molecule has 1 rings (SSSR count). The molecule has 2 nitrogen and oxygen atoms in total. The minimum atomic E-state index is 0.603. The van der Waals surface area contributed by atoms with Crippen LogP contribution < -0.4 is 9.26 Å². The second-order valence-electron chi connectivity index (χ2n) is 2.00. The molecular formula is C7H9IN2. The Morgan fingerprint density at radius 2 is 2.30 bits per heavy atom. The minimum absolute atomic E-state index is 0.603. The summed E-state index contributed by atoms with van der Waals surface area (Å²) >= 11 is 2.10. The van der Waals surface area contributed by atoms with Gasteiger partial charge in [0.25, 0.3) is 0 Å². The molecule has 0 saturated heterocycles. The van der Waals surface area contributed by atoms with Gasteiger partial charge in [0.15, 0.2) is 0 Å². The molecule has 0 unspecified atom stereocenters. The van der Waals surface area contributed by atoms with Crippen LogP contribution in [0, 0.1) is 0 Å². The van der Waals surface area contributed by atoms with Gasteiger partial charge in [-0.1, -0.05) is 12.1 Å². The molecule has 0 heterocycles. The Balaban J connectivity index is 2.87. The summed E-state index contributed by atoms with van der Waals surface area (Å²) in [4.78, 5) is 0. The van der Waals surface area contributed by atoms with E-state index in [-0.39, 0.29) is 0 Å². The maximum atomic E-state index is 5.44. The summed E-state index contributed by atoms with van der Waals surface area (Å²) in [5.74, 6) is 0. The minimum Gasteiger partial charge on any atom is -0.328 e. The summed E-state index contributed by atoms with van der Waals surface area (Å²) in [5, 5.41) is 0. The Kier molecular flexibility index (Phi) is 2.95. The second kappa shape index (κ2) is 3.78. The van der Waals surface area contributed by atoms with E-state index in [9.17, 15) is 0 Å². The standard InChI is InChI=1S/C7H9IN2/c8-10-7-3-1-2-6(4-7)5-9/h1-4,10H,5,9H2. The molecule has 0 spiro atoms. The lowest BCUT2D eigenvalue weighted by Crippen LogP contribution is -1.95. The summed E-state index contributed by atoms with van der Waals surface area (Å²) in [7, 11) is 0. The van der Waals surface area contributed by atoms with Gasteiger partial charge in [0.2, 0.25) is 0 Å². The van der Waals surface area contributed by atoms with Crippen LogP contribution in [-0.2, 0) is 6.54 Å². The fraction of sp³-hybridized carbons (Fsp3) is 0.143. The predicted octanol–water partition coefficient (Wildman–Crippen LogP) is 1.91. The quantitative estimate of drug-likeness (QED) is 0.619. The molecule has 0 atom stereocenters. The van der Waals surface area contributed by atoms with Crippen LogP contribution in [0.4, 0.5) is 5.69 Å². The molecule has 0 saturated carbocycles. The lowest BCUT2D eigenvalue weighted by atomic mass is 10.2. The van der Waals surface area contributed by atoms with Crippen molar-refractivity contribution in [2.24, 2.45) is 5.73 Å². The molecule has 1 aromatic carbocycles. The predicted molar refractivity (Wildman–Crippen MR) is 52.0 cm³/mol. The molecule has 3 N–H and O–H groups in total. The average Bonchev–Trinajstić information content (AvgIpc) is 2.05. The molecule has 0 aliphatic heterocycles. The number of nitrogens with one attached hydrogen (secondary N) is 1. The van der Waals surface area contributed by atoms with Crippen molar-refractivity contribution in [3.05, 3.63) is 29.8 Å². The zero-order valence-electron chi connectivity index (χ0n) is 5.47. The SMILES string of the molecule is NCc1cccc(NI)c1. The highest BCUT2D eigenvalue weighted by Crippen LogP contribution is 2.11. The number of anilines is 1. The second-order valence-corrected chi connectivity index (χ2v) is 2.54. The summed E-state index contributed by atoms with van der Waals surface area (Å²) in [6.07, 6.45) is 0. The van der Waals surface area contributed by atoms with E-state index in [2.05, 4.69) is 26.4 Å². The van der Waals surface area contributed by atoms with Crippen LogP contribution in [0.25, 0.3) is 0 Å². The number of hydrogen-bond donors (Lipinski definition) is 2. The van der Waals surface area contributed by atoms with Gasteiger partial charge in [-0.2, -0.15) is 0 Å². The van der Waals surface area contributed by atoms with Crippen molar-refractivity contribution in [3.8, 4) is 0 Å². The first kappa shape index (κ1) is 7.81.